The molecule has 144 valence electrons. The van der Waals surface area contributed by atoms with Gasteiger partial charge >= 0.3 is 0 Å². The van der Waals surface area contributed by atoms with Crippen LogP contribution in [-0.2, 0) is 0 Å². The van der Waals surface area contributed by atoms with E-state index >= 15 is 0 Å². The van der Waals surface area contributed by atoms with Crippen molar-refractivity contribution in [3.63, 3.8) is 0 Å². The number of piperidine rings is 1. The average molecular weight is 367 g/mol. The zero-order chi connectivity index (χ0) is 19.7. The number of ether oxygens (including phenoxy) is 1. The molecule has 4 heteroatoms. The van der Waals surface area contributed by atoms with Crippen molar-refractivity contribution in [3.05, 3.63) is 59.7 Å². The zero-order valence-corrected chi connectivity index (χ0v) is 16.9. The van der Waals surface area contributed by atoms with Crippen molar-refractivity contribution < 1.29 is 9.53 Å². The molecule has 1 aliphatic rings. The number of amides is 1. The maximum absolute atomic E-state index is 12.7. The Hall–Kier alpha value is -2.33. The second-order valence-corrected chi connectivity index (χ2v) is 8.91. The topological polar surface area (TPSA) is 50.4 Å². The van der Waals surface area contributed by atoms with E-state index in [1.54, 1.807) is 0 Å². The molecule has 1 saturated heterocycles. The van der Waals surface area contributed by atoms with Crippen molar-refractivity contribution in [1.29, 1.82) is 0 Å². The Morgan fingerprint density at radius 2 is 1.41 bits per heavy atom. The Balaban J connectivity index is 1.63. The first-order valence-corrected chi connectivity index (χ1v) is 9.57. The zero-order valence-electron chi connectivity index (χ0n) is 16.9. The molecule has 0 spiro atoms. The van der Waals surface area contributed by atoms with Gasteiger partial charge in [-0.2, -0.15) is 0 Å². The molecule has 27 heavy (non-hydrogen) atoms. The van der Waals surface area contributed by atoms with Crippen molar-refractivity contribution in [2.75, 3.05) is 0 Å². The van der Waals surface area contributed by atoms with E-state index in [1.807, 2.05) is 55.5 Å². The van der Waals surface area contributed by atoms with Gasteiger partial charge in [-0.25, -0.2) is 0 Å². The van der Waals surface area contributed by atoms with Crippen LogP contribution in [0, 0.1) is 6.92 Å². The highest BCUT2D eigenvalue weighted by molar-refractivity contribution is 5.94. The number of rotatable bonds is 4. The summed E-state index contributed by atoms with van der Waals surface area (Å²) in [4.78, 5) is 12.7. The van der Waals surface area contributed by atoms with Crippen LogP contribution < -0.4 is 15.4 Å². The smallest absolute Gasteiger partial charge is 0.251 e. The Bertz CT molecular complexity index is 776. The van der Waals surface area contributed by atoms with Crippen molar-refractivity contribution in [2.24, 2.45) is 0 Å². The predicted molar refractivity (Wildman–Crippen MR) is 109 cm³/mol. The highest BCUT2D eigenvalue weighted by atomic mass is 16.5. The van der Waals surface area contributed by atoms with E-state index < -0.39 is 0 Å². The third kappa shape index (κ3) is 5.33. The lowest BCUT2D eigenvalue weighted by Crippen LogP contribution is -2.62. The summed E-state index contributed by atoms with van der Waals surface area (Å²) < 4.78 is 5.83. The predicted octanol–water partition coefficient (Wildman–Crippen LogP) is 4.83. The maximum Gasteiger partial charge on any atom is 0.251 e. The molecule has 0 aromatic heterocycles. The lowest BCUT2D eigenvalue weighted by molar-refractivity contribution is 0.0873. The molecule has 0 radical (unpaired) electrons. The molecule has 1 aliphatic heterocycles. The first kappa shape index (κ1) is 19.4. The molecule has 0 atom stereocenters. The van der Waals surface area contributed by atoms with Gasteiger partial charge in [0.25, 0.3) is 5.91 Å². The molecular weight excluding hydrogens is 336 g/mol. The summed E-state index contributed by atoms with van der Waals surface area (Å²) in [7, 11) is 0. The first-order valence-electron chi connectivity index (χ1n) is 9.57. The van der Waals surface area contributed by atoms with Crippen molar-refractivity contribution in [2.45, 2.75) is 64.6 Å². The molecule has 4 nitrogen and oxygen atoms in total. The van der Waals surface area contributed by atoms with Crippen LogP contribution >= 0.6 is 0 Å². The normalized spacial score (nSPS) is 18.7. The number of hydrogen-bond donors (Lipinski definition) is 2. The molecule has 0 bridgehead atoms. The second kappa shape index (κ2) is 7.35. The van der Waals surface area contributed by atoms with E-state index in [4.69, 9.17) is 4.74 Å². The SMILES string of the molecule is Cc1ccc(Oc2ccc(C(=O)NC3CC(C)(C)NC(C)(C)C3)cc2)cc1. The third-order valence-electron chi connectivity index (χ3n) is 4.90. The number of carbonyl (C=O) groups excluding carboxylic acids is 1. The maximum atomic E-state index is 12.7. The third-order valence-corrected chi connectivity index (χ3v) is 4.90. The molecule has 2 aromatic carbocycles. The van der Waals surface area contributed by atoms with Gasteiger partial charge in [0.2, 0.25) is 0 Å². The number of nitrogens with one attached hydrogen (secondary N) is 2. The minimum Gasteiger partial charge on any atom is -0.457 e. The fraction of sp³-hybridized carbons (Fsp3) is 0.435. The van der Waals surface area contributed by atoms with E-state index in [9.17, 15) is 4.79 Å². The molecular formula is C23H30N2O2. The number of hydrogen-bond acceptors (Lipinski definition) is 3. The van der Waals surface area contributed by atoms with Gasteiger partial charge in [0.05, 0.1) is 0 Å². The summed E-state index contributed by atoms with van der Waals surface area (Å²) in [5.41, 5.74) is 1.86. The summed E-state index contributed by atoms with van der Waals surface area (Å²) in [6.45, 7) is 10.8. The van der Waals surface area contributed by atoms with E-state index in [0.29, 0.717) is 5.56 Å². The molecule has 2 N–H and O–H groups in total. The van der Waals surface area contributed by atoms with Crippen molar-refractivity contribution in [1.82, 2.24) is 10.6 Å². The lowest BCUT2D eigenvalue weighted by Gasteiger charge is -2.46. The Labute approximate surface area is 162 Å². The summed E-state index contributed by atoms with van der Waals surface area (Å²) in [5, 5.41) is 6.84. The molecule has 0 aliphatic carbocycles. The molecule has 0 unspecified atom stereocenters. The number of carbonyl (C=O) groups is 1. The van der Waals surface area contributed by atoms with Gasteiger partial charge in [-0.3, -0.25) is 4.79 Å². The first-order chi connectivity index (χ1) is 12.6. The highest BCUT2D eigenvalue weighted by Gasteiger charge is 2.38. The quantitative estimate of drug-likeness (QED) is 0.815. The van der Waals surface area contributed by atoms with Crippen LogP contribution in [0.2, 0.25) is 0 Å². The largest absolute Gasteiger partial charge is 0.457 e. The Morgan fingerprint density at radius 1 is 0.926 bits per heavy atom. The van der Waals surface area contributed by atoms with E-state index in [1.165, 1.54) is 5.56 Å². The number of aryl methyl sites for hydroxylation is 1. The number of benzene rings is 2. The minimum atomic E-state index is -0.0321. The molecule has 2 aromatic rings. The van der Waals surface area contributed by atoms with Crippen LogP contribution in [0.4, 0.5) is 0 Å². The molecule has 3 rings (SSSR count). The monoisotopic (exact) mass is 366 g/mol. The van der Waals surface area contributed by atoms with Gasteiger partial charge in [0, 0.05) is 22.7 Å². The Morgan fingerprint density at radius 3 is 1.93 bits per heavy atom. The van der Waals surface area contributed by atoms with Crippen molar-refractivity contribution >= 4 is 5.91 Å². The molecule has 0 saturated carbocycles. The van der Waals surface area contributed by atoms with Gasteiger partial charge < -0.3 is 15.4 Å². The van der Waals surface area contributed by atoms with E-state index in [-0.39, 0.29) is 23.0 Å². The van der Waals surface area contributed by atoms with Crippen LogP contribution in [0.15, 0.2) is 48.5 Å². The van der Waals surface area contributed by atoms with Crippen LogP contribution in [0.3, 0.4) is 0 Å². The fourth-order valence-electron chi connectivity index (χ4n) is 4.11. The molecule has 1 amide bonds. The van der Waals surface area contributed by atoms with E-state index in [2.05, 4.69) is 38.3 Å². The van der Waals surface area contributed by atoms with Crippen LogP contribution in [0.25, 0.3) is 0 Å². The van der Waals surface area contributed by atoms with Crippen LogP contribution in [0.1, 0.15) is 56.5 Å². The minimum absolute atomic E-state index is 0.00539. The summed E-state index contributed by atoms with van der Waals surface area (Å²) in [5.74, 6) is 1.48. The highest BCUT2D eigenvalue weighted by Crippen LogP contribution is 2.29. The lowest BCUT2D eigenvalue weighted by atomic mass is 9.79. The van der Waals surface area contributed by atoms with Gasteiger partial charge in [-0.1, -0.05) is 17.7 Å². The fourth-order valence-corrected chi connectivity index (χ4v) is 4.11. The Kier molecular flexibility index (Phi) is 5.29. The van der Waals surface area contributed by atoms with Crippen LogP contribution in [-0.4, -0.2) is 23.0 Å². The molecule has 1 heterocycles. The van der Waals surface area contributed by atoms with Crippen LogP contribution in [0.5, 0.6) is 11.5 Å². The van der Waals surface area contributed by atoms with Crippen molar-refractivity contribution in [3.8, 4) is 11.5 Å². The van der Waals surface area contributed by atoms with Gasteiger partial charge in [0.1, 0.15) is 11.5 Å². The summed E-state index contributed by atoms with van der Waals surface area (Å²) in [6.07, 6.45) is 1.83. The van der Waals surface area contributed by atoms with Gasteiger partial charge in [0.15, 0.2) is 0 Å². The summed E-state index contributed by atoms with van der Waals surface area (Å²) >= 11 is 0. The average Bonchev–Trinajstić information content (AvgIpc) is 2.54. The van der Waals surface area contributed by atoms with Gasteiger partial charge in [-0.05, 0) is 83.9 Å². The van der Waals surface area contributed by atoms with Gasteiger partial charge in [-0.15, -0.1) is 0 Å². The summed E-state index contributed by atoms with van der Waals surface area (Å²) in [6, 6.07) is 15.4. The second-order valence-electron chi connectivity index (χ2n) is 8.91. The van der Waals surface area contributed by atoms with E-state index in [0.717, 1.165) is 24.3 Å². The standard InChI is InChI=1S/C23H30N2O2/c1-16-6-10-19(11-7-16)27-20-12-8-17(9-13-20)21(26)24-18-14-22(2,3)25-23(4,5)15-18/h6-13,18,25H,14-15H2,1-5H3,(H,24,26). The molecule has 1 fully saturated rings.